The molecule has 0 bridgehead atoms. The molecule has 1 rings (SSSR count). The molecule has 1 aliphatic rings. The lowest BCUT2D eigenvalue weighted by Gasteiger charge is -2.30. The molecule has 0 heterocycles. The molecule has 0 radical (unpaired) electrons. The standard InChI is InChI=1S/C12H22N2/c1-11(2)9-12(5-3-4-6-12)10-14-8-7-13/h11,14H,3-6,8-10H2,1-2H3. The molecule has 1 N–H and O–H groups in total. The molecule has 0 atom stereocenters. The zero-order valence-electron chi connectivity index (χ0n) is 9.47. The minimum absolute atomic E-state index is 0.500. The topological polar surface area (TPSA) is 35.8 Å². The van der Waals surface area contributed by atoms with Crippen molar-refractivity contribution in [2.24, 2.45) is 11.3 Å². The van der Waals surface area contributed by atoms with E-state index in [9.17, 15) is 0 Å². The van der Waals surface area contributed by atoms with Crippen LogP contribution in [0.2, 0.25) is 0 Å². The van der Waals surface area contributed by atoms with Gasteiger partial charge in [-0.05, 0) is 30.6 Å². The summed E-state index contributed by atoms with van der Waals surface area (Å²) in [4.78, 5) is 0. The highest BCUT2D eigenvalue weighted by molar-refractivity contribution is 4.88. The van der Waals surface area contributed by atoms with Gasteiger partial charge in [0.05, 0.1) is 12.6 Å². The van der Waals surface area contributed by atoms with Crippen molar-refractivity contribution in [3.8, 4) is 6.07 Å². The third kappa shape index (κ3) is 3.31. The fraction of sp³-hybridized carbons (Fsp3) is 0.917. The molecule has 0 aromatic carbocycles. The molecule has 1 aliphatic carbocycles. The van der Waals surface area contributed by atoms with Gasteiger partial charge in [0.15, 0.2) is 0 Å². The van der Waals surface area contributed by atoms with E-state index in [4.69, 9.17) is 5.26 Å². The summed E-state index contributed by atoms with van der Waals surface area (Å²) in [6, 6.07) is 2.15. The number of rotatable bonds is 5. The average Bonchev–Trinajstić information content (AvgIpc) is 2.53. The van der Waals surface area contributed by atoms with Gasteiger partial charge < -0.3 is 5.32 Å². The molecule has 0 aromatic heterocycles. The van der Waals surface area contributed by atoms with Crippen molar-refractivity contribution in [1.82, 2.24) is 5.32 Å². The summed E-state index contributed by atoms with van der Waals surface area (Å²) in [6.07, 6.45) is 6.76. The predicted molar refractivity (Wildman–Crippen MR) is 58.8 cm³/mol. The quantitative estimate of drug-likeness (QED) is 0.539. The Kier molecular flexibility index (Phi) is 4.41. The van der Waals surface area contributed by atoms with Crippen LogP contribution in [0, 0.1) is 22.7 Å². The van der Waals surface area contributed by atoms with Gasteiger partial charge >= 0.3 is 0 Å². The summed E-state index contributed by atoms with van der Waals surface area (Å²) in [5, 5.41) is 11.8. The first-order chi connectivity index (χ1) is 6.68. The lowest BCUT2D eigenvalue weighted by Crippen LogP contribution is -2.33. The van der Waals surface area contributed by atoms with Crippen LogP contribution in [0.15, 0.2) is 0 Å². The smallest absolute Gasteiger partial charge is 0.0841 e. The van der Waals surface area contributed by atoms with Crippen molar-refractivity contribution in [2.75, 3.05) is 13.1 Å². The molecule has 0 aromatic rings. The number of nitrogens with zero attached hydrogens (tertiary/aromatic N) is 1. The normalized spacial score (nSPS) is 19.9. The van der Waals surface area contributed by atoms with Gasteiger partial charge in [-0.15, -0.1) is 0 Å². The van der Waals surface area contributed by atoms with Gasteiger partial charge in [0.25, 0.3) is 0 Å². The average molecular weight is 194 g/mol. The Hall–Kier alpha value is -0.550. The molecule has 0 spiro atoms. The van der Waals surface area contributed by atoms with Crippen LogP contribution in [0.5, 0.6) is 0 Å². The van der Waals surface area contributed by atoms with E-state index in [0.29, 0.717) is 12.0 Å². The first kappa shape index (κ1) is 11.5. The Morgan fingerprint density at radius 2 is 2.00 bits per heavy atom. The molecule has 1 fully saturated rings. The van der Waals surface area contributed by atoms with Crippen molar-refractivity contribution in [3.05, 3.63) is 0 Å². The van der Waals surface area contributed by atoms with Crippen molar-refractivity contribution in [2.45, 2.75) is 46.0 Å². The Morgan fingerprint density at radius 3 is 2.50 bits per heavy atom. The molecule has 0 aliphatic heterocycles. The van der Waals surface area contributed by atoms with Gasteiger partial charge in [-0.3, -0.25) is 0 Å². The van der Waals surface area contributed by atoms with Gasteiger partial charge in [-0.25, -0.2) is 0 Å². The Balaban J connectivity index is 2.41. The fourth-order valence-corrected chi connectivity index (χ4v) is 2.83. The van der Waals surface area contributed by atoms with E-state index in [-0.39, 0.29) is 0 Å². The summed E-state index contributed by atoms with van der Waals surface area (Å²) >= 11 is 0. The van der Waals surface area contributed by atoms with Crippen LogP contribution in [-0.2, 0) is 0 Å². The van der Waals surface area contributed by atoms with Gasteiger partial charge in [-0.2, -0.15) is 5.26 Å². The molecule has 0 unspecified atom stereocenters. The van der Waals surface area contributed by atoms with E-state index < -0.39 is 0 Å². The molecule has 1 saturated carbocycles. The SMILES string of the molecule is CC(C)CC1(CNCC#N)CCCC1. The third-order valence-electron chi connectivity index (χ3n) is 3.21. The van der Waals surface area contributed by atoms with E-state index in [1.54, 1.807) is 0 Å². The number of hydrogen-bond acceptors (Lipinski definition) is 2. The van der Waals surface area contributed by atoms with Crippen LogP contribution in [0.25, 0.3) is 0 Å². The van der Waals surface area contributed by atoms with Crippen LogP contribution in [0.4, 0.5) is 0 Å². The Morgan fingerprint density at radius 1 is 1.36 bits per heavy atom. The number of nitriles is 1. The summed E-state index contributed by atoms with van der Waals surface area (Å²) in [6.45, 7) is 6.13. The highest BCUT2D eigenvalue weighted by Crippen LogP contribution is 2.42. The number of nitrogens with one attached hydrogen (secondary N) is 1. The predicted octanol–water partition coefficient (Wildman–Crippen LogP) is 2.71. The summed E-state index contributed by atoms with van der Waals surface area (Å²) in [7, 11) is 0. The van der Waals surface area contributed by atoms with E-state index in [2.05, 4.69) is 25.2 Å². The summed E-state index contributed by atoms with van der Waals surface area (Å²) in [5.41, 5.74) is 0.505. The maximum absolute atomic E-state index is 8.49. The minimum Gasteiger partial charge on any atom is -0.304 e. The first-order valence-corrected chi connectivity index (χ1v) is 5.76. The maximum Gasteiger partial charge on any atom is 0.0841 e. The first-order valence-electron chi connectivity index (χ1n) is 5.76. The second-order valence-corrected chi connectivity index (χ2v) is 5.07. The van der Waals surface area contributed by atoms with E-state index in [1.807, 2.05) is 0 Å². The van der Waals surface area contributed by atoms with Crippen LogP contribution < -0.4 is 5.32 Å². The van der Waals surface area contributed by atoms with Crippen molar-refractivity contribution < 1.29 is 0 Å². The van der Waals surface area contributed by atoms with E-state index in [1.165, 1.54) is 32.1 Å². The second kappa shape index (κ2) is 5.36. The molecular weight excluding hydrogens is 172 g/mol. The van der Waals surface area contributed by atoms with Gasteiger partial charge in [0.1, 0.15) is 0 Å². The molecule has 80 valence electrons. The Labute approximate surface area is 87.7 Å². The third-order valence-corrected chi connectivity index (χ3v) is 3.21. The van der Waals surface area contributed by atoms with Crippen molar-refractivity contribution in [3.63, 3.8) is 0 Å². The summed E-state index contributed by atoms with van der Waals surface area (Å²) < 4.78 is 0. The zero-order chi connectivity index (χ0) is 10.4. The minimum atomic E-state index is 0.500. The molecular formula is C12H22N2. The highest BCUT2D eigenvalue weighted by Gasteiger charge is 2.33. The summed E-state index contributed by atoms with van der Waals surface area (Å²) in [5.74, 6) is 0.775. The van der Waals surface area contributed by atoms with Crippen LogP contribution in [0.3, 0.4) is 0 Å². The van der Waals surface area contributed by atoms with Crippen LogP contribution in [-0.4, -0.2) is 13.1 Å². The molecule has 2 nitrogen and oxygen atoms in total. The molecule has 14 heavy (non-hydrogen) atoms. The van der Waals surface area contributed by atoms with Crippen molar-refractivity contribution >= 4 is 0 Å². The van der Waals surface area contributed by atoms with Gasteiger partial charge in [-0.1, -0.05) is 26.7 Å². The maximum atomic E-state index is 8.49. The lowest BCUT2D eigenvalue weighted by atomic mass is 9.78. The van der Waals surface area contributed by atoms with E-state index >= 15 is 0 Å². The number of hydrogen-bond donors (Lipinski definition) is 1. The lowest BCUT2D eigenvalue weighted by molar-refractivity contribution is 0.227. The van der Waals surface area contributed by atoms with Crippen LogP contribution >= 0.6 is 0 Å². The highest BCUT2D eigenvalue weighted by atomic mass is 14.9. The van der Waals surface area contributed by atoms with Gasteiger partial charge in [0.2, 0.25) is 0 Å². The van der Waals surface area contributed by atoms with Crippen molar-refractivity contribution in [1.29, 1.82) is 5.26 Å². The largest absolute Gasteiger partial charge is 0.304 e. The second-order valence-electron chi connectivity index (χ2n) is 5.07. The molecule has 2 heteroatoms. The van der Waals surface area contributed by atoms with Crippen LogP contribution in [0.1, 0.15) is 46.0 Å². The Bertz CT molecular complexity index is 197. The molecule has 0 saturated heterocycles. The monoisotopic (exact) mass is 194 g/mol. The van der Waals surface area contributed by atoms with E-state index in [0.717, 1.165) is 12.5 Å². The zero-order valence-corrected chi connectivity index (χ0v) is 9.47. The molecule has 0 amide bonds. The van der Waals surface area contributed by atoms with Gasteiger partial charge in [0, 0.05) is 6.54 Å². The fourth-order valence-electron chi connectivity index (χ4n) is 2.83.